The highest BCUT2D eigenvalue weighted by Gasteiger charge is 2.29. The molecule has 1 heterocycles. The lowest BCUT2D eigenvalue weighted by Crippen LogP contribution is -2.54. The van der Waals surface area contributed by atoms with Crippen molar-refractivity contribution in [2.45, 2.75) is 64.1 Å². The Morgan fingerprint density at radius 2 is 1.59 bits per heavy atom. The molecule has 1 aromatic heterocycles. The summed E-state index contributed by atoms with van der Waals surface area (Å²) in [6, 6.07) is 12.4. The van der Waals surface area contributed by atoms with Crippen LogP contribution in [-0.4, -0.2) is 43.2 Å². The van der Waals surface area contributed by atoms with Gasteiger partial charge in [0.15, 0.2) is 0 Å². The van der Waals surface area contributed by atoms with E-state index in [9.17, 15) is 9.59 Å². The van der Waals surface area contributed by atoms with Crippen LogP contribution in [0.4, 0.5) is 10.5 Å². The van der Waals surface area contributed by atoms with Crippen molar-refractivity contribution in [1.29, 1.82) is 0 Å². The number of nitrogens with one attached hydrogen (secondary N) is 3. The van der Waals surface area contributed by atoms with Gasteiger partial charge in [0, 0.05) is 35.3 Å². The first-order valence-corrected chi connectivity index (χ1v) is 14.0. The number of amides is 3. The standard InChI is InChI=1S/C29H36N4O5S/c1-18(2)19-9-11-21(12-10-19)38-16-27-31-26(17-39-27)28(34)32-24-7-5-6-8-25(24)33-29(35)30-20-13-22(36-3)15-23(14-20)37-4/h9-15,17-18,24-25H,5-8,16H2,1-4H3,(H,32,34)(H2,30,33,35)/t24-,25-/m1/s1. The van der Waals surface area contributed by atoms with E-state index in [1.807, 2.05) is 12.1 Å². The summed E-state index contributed by atoms with van der Waals surface area (Å²) in [6.45, 7) is 4.60. The fourth-order valence-electron chi connectivity index (χ4n) is 4.51. The number of benzene rings is 2. The number of urea groups is 1. The monoisotopic (exact) mass is 552 g/mol. The molecule has 10 heteroatoms. The highest BCUT2D eigenvalue weighted by molar-refractivity contribution is 7.09. The van der Waals surface area contributed by atoms with Crippen molar-refractivity contribution in [3.63, 3.8) is 0 Å². The van der Waals surface area contributed by atoms with Crippen molar-refractivity contribution in [1.82, 2.24) is 15.6 Å². The SMILES string of the molecule is COc1cc(NC(=O)N[C@@H]2CCCC[C@H]2NC(=O)c2csc(COc3ccc(C(C)C)cc3)n2)cc(OC)c1. The van der Waals surface area contributed by atoms with Gasteiger partial charge in [-0.05, 0) is 36.5 Å². The topological polar surface area (TPSA) is 111 Å². The summed E-state index contributed by atoms with van der Waals surface area (Å²) in [5.41, 5.74) is 2.16. The maximum absolute atomic E-state index is 13.0. The Kier molecular flexibility index (Phi) is 9.64. The van der Waals surface area contributed by atoms with Gasteiger partial charge in [-0.2, -0.15) is 0 Å². The molecule has 1 fully saturated rings. The molecule has 3 N–H and O–H groups in total. The first-order chi connectivity index (χ1) is 18.8. The van der Waals surface area contributed by atoms with Crippen molar-refractivity contribution in [2.75, 3.05) is 19.5 Å². The van der Waals surface area contributed by atoms with Gasteiger partial charge in [0.25, 0.3) is 5.91 Å². The third-order valence-electron chi connectivity index (χ3n) is 6.70. The van der Waals surface area contributed by atoms with Crippen molar-refractivity contribution in [2.24, 2.45) is 0 Å². The number of nitrogens with zero attached hydrogens (tertiary/aromatic N) is 1. The fraction of sp³-hybridized carbons (Fsp3) is 0.414. The van der Waals surface area contributed by atoms with Crippen LogP contribution in [0.5, 0.6) is 17.2 Å². The Morgan fingerprint density at radius 3 is 2.21 bits per heavy atom. The molecule has 1 saturated carbocycles. The average Bonchev–Trinajstić information content (AvgIpc) is 3.42. The number of carbonyl (C=O) groups is 2. The van der Waals surface area contributed by atoms with Crippen molar-refractivity contribution in [3.8, 4) is 17.2 Å². The van der Waals surface area contributed by atoms with Gasteiger partial charge < -0.3 is 30.2 Å². The van der Waals surface area contributed by atoms with Crippen molar-refractivity contribution in [3.05, 3.63) is 64.1 Å². The molecule has 4 rings (SSSR count). The summed E-state index contributed by atoms with van der Waals surface area (Å²) in [7, 11) is 3.11. The second-order valence-corrected chi connectivity index (χ2v) is 10.8. The van der Waals surface area contributed by atoms with E-state index in [1.165, 1.54) is 16.9 Å². The summed E-state index contributed by atoms with van der Waals surface area (Å²) >= 11 is 1.39. The molecule has 208 valence electrons. The zero-order valence-electron chi connectivity index (χ0n) is 22.8. The van der Waals surface area contributed by atoms with Gasteiger partial charge in [-0.15, -0.1) is 11.3 Å². The quantitative estimate of drug-likeness (QED) is 0.296. The summed E-state index contributed by atoms with van der Waals surface area (Å²) in [4.78, 5) is 30.3. The first kappa shape index (κ1) is 28.2. The average molecular weight is 553 g/mol. The molecule has 0 aliphatic heterocycles. The number of ether oxygens (including phenoxy) is 3. The molecule has 9 nitrogen and oxygen atoms in total. The lowest BCUT2D eigenvalue weighted by Gasteiger charge is -2.32. The minimum atomic E-state index is -0.356. The van der Waals surface area contributed by atoms with Gasteiger partial charge in [-0.25, -0.2) is 9.78 Å². The molecule has 39 heavy (non-hydrogen) atoms. The molecule has 2 atom stereocenters. The summed E-state index contributed by atoms with van der Waals surface area (Å²) in [5, 5.41) is 11.4. The van der Waals surface area contributed by atoms with Crippen LogP contribution in [0.25, 0.3) is 0 Å². The van der Waals surface area contributed by atoms with Crippen molar-refractivity contribution < 1.29 is 23.8 Å². The van der Waals surface area contributed by atoms with E-state index in [1.54, 1.807) is 37.8 Å². The zero-order chi connectivity index (χ0) is 27.8. The normalized spacial score (nSPS) is 16.8. The molecular weight excluding hydrogens is 516 g/mol. The Labute approximate surface area is 233 Å². The van der Waals surface area contributed by atoms with E-state index in [0.29, 0.717) is 35.4 Å². The van der Waals surface area contributed by atoms with Crippen LogP contribution in [-0.2, 0) is 6.61 Å². The third-order valence-corrected chi connectivity index (χ3v) is 7.52. The van der Waals surface area contributed by atoms with E-state index in [0.717, 1.165) is 36.4 Å². The smallest absolute Gasteiger partial charge is 0.319 e. The van der Waals surface area contributed by atoms with Crippen LogP contribution in [0.15, 0.2) is 47.8 Å². The van der Waals surface area contributed by atoms with Gasteiger partial charge in [0.1, 0.15) is 34.6 Å². The van der Waals surface area contributed by atoms with Crippen LogP contribution >= 0.6 is 11.3 Å². The minimum Gasteiger partial charge on any atom is -0.497 e. The Morgan fingerprint density at radius 1 is 0.949 bits per heavy atom. The van der Waals surface area contributed by atoms with E-state index >= 15 is 0 Å². The van der Waals surface area contributed by atoms with E-state index in [4.69, 9.17) is 14.2 Å². The highest BCUT2D eigenvalue weighted by atomic mass is 32.1. The molecule has 2 aromatic carbocycles. The molecule has 0 radical (unpaired) electrons. The van der Waals surface area contributed by atoms with E-state index < -0.39 is 0 Å². The molecule has 1 aliphatic rings. The molecule has 3 aromatic rings. The van der Waals surface area contributed by atoms with Crippen LogP contribution in [0.2, 0.25) is 0 Å². The van der Waals surface area contributed by atoms with Crippen LogP contribution < -0.4 is 30.2 Å². The van der Waals surface area contributed by atoms with Gasteiger partial charge in [0.2, 0.25) is 0 Å². The Balaban J connectivity index is 1.31. The minimum absolute atomic E-state index is 0.197. The molecular formula is C29H36N4O5S. The predicted octanol–water partition coefficient (Wildman–Crippen LogP) is 5.73. The lowest BCUT2D eigenvalue weighted by molar-refractivity contribution is 0.0911. The molecule has 1 aliphatic carbocycles. The maximum Gasteiger partial charge on any atom is 0.319 e. The first-order valence-electron chi connectivity index (χ1n) is 13.1. The number of hydrogen-bond donors (Lipinski definition) is 3. The number of hydrogen-bond acceptors (Lipinski definition) is 7. The zero-order valence-corrected chi connectivity index (χ0v) is 23.6. The van der Waals surface area contributed by atoms with Gasteiger partial charge >= 0.3 is 6.03 Å². The largest absolute Gasteiger partial charge is 0.497 e. The lowest BCUT2D eigenvalue weighted by atomic mass is 9.90. The number of aromatic nitrogens is 1. The maximum atomic E-state index is 13.0. The molecule has 3 amide bonds. The number of thiazole rings is 1. The van der Waals surface area contributed by atoms with Crippen LogP contribution in [0.1, 0.15) is 66.5 Å². The van der Waals surface area contributed by atoms with E-state index in [-0.39, 0.29) is 24.0 Å². The van der Waals surface area contributed by atoms with Gasteiger partial charge in [0.05, 0.1) is 20.3 Å². The number of methoxy groups -OCH3 is 2. The van der Waals surface area contributed by atoms with Gasteiger partial charge in [-0.3, -0.25) is 4.79 Å². The molecule has 0 spiro atoms. The summed E-state index contributed by atoms with van der Waals surface area (Å²) < 4.78 is 16.4. The molecule has 0 saturated heterocycles. The third kappa shape index (κ3) is 7.86. The van der Waals surface area contributed by atoms with Crippen LogP contribution in [0.3, 0.4) is 0 Å². The van der Waals surface area contributed by atoms with Gasteiger partial charge in [-0.1, -0.05) is 38.8 Å². The van der Waals surface area contributed by atoms with Crippen molar-refractivity contribution >= 4 is 29.0 Å². The number of rotatable bonds is 10. The molecule has 0 bridgehead atoms. The Hall–Kier alpha value is -3.79. The van der Waals surface area contributed by atoms with Crippen LogP contribution in [0, 0.1) is 0 Å². The second kappa shape index (κ2) is 13.3. The number of carbonyl (C=O) groups excluding carboxylic acids is 2. The predicted molar refractivity (Wildman–Crippen MR) is 152 cm³/mol. The summed E-state index contributed by atoms with van der Waals surface area (Å²) in [5.74, 6) is 2.12. The van der Waals surface area contributed by atoms with E-state index in [2.05, 4.69) is 46.9 Å². The highest BCUT2D eigenvalue weighted by Crippen LogP contribution is 2.26. The molecule has 0 unspecified atom stereocenters. The second-order valence-electron chi connectivity index (χ2n) is 9.81. The summed E-state index contributed by atoms with van der Waals surface area (Å²) in [6.07, 6.45) is 3.49. The number of anilines is 1. The Bertz CT molecular complexity index is 1240. The fourth-order valence-corrected chi connectivity index (χ4v) is 5.19.